The standard InChI is InChI=1S/C17H14N2O3/c1-2-19-13(9-10-18-19)7-8-15(20)14-11-12-5-3-4-6-16(12)22-17(14)21/h3-11H,2H2,1H3/b8-7+. The molecule has 22 heavy (non-hydrogen) atoms. The Bertz CT molecular complexity index is 919. The number of aromatic nitrogens is 2. The fourth-order valence-electron chi connectivity index (χ4n) is 2.23. The number of ketones is 1. The van der Waals surface area contributed by atoms with Crippen molar-refractivity contribution in [2.24, 2.45) is 0 Å². The maximum atomic E-state index is 12.2. The molecule has 0 aliphatic rings. The minimum Gasteiger partial charge on any atom is -0.422 e. The van der Waals surface area contributed by atoms with E-state index in [1.54, 1.807) is 47.3 Å². The molecule has 0 spiro atoms. The number of carbonyl (C=O) groups excluding carboxylic acids is 1. The van der Waals surface area contributed by atoms with Crippen LogP contribution in [0.5, 0.6) is 0 Å². The number of nitrogens with zero attached hydrogens (tertiary/aromatic N) is 2. The van der Waals surface area contributed by atoms with Crippen molar-refractivity contribution in [2.45, 2.75) is 13.5 Å². The summed E-state index contributed by atoms with van der Waals surface area (Å²) in [5.41, 5.74) is 0.674. The molecular formula is C17H14N2O3. The molecule has 0 bridgehead atoms. The Hall–Kier alpha value is -2.95. The number of rotatable bonds is 4. The first-order valence-electron chi connectivity index (χ1n) is 6.96. The summed E-state index contributed by atoms with van der Waals surface area (Å²) >= 11 is 0. The summed E-state index contributed by atoms with van der Waals surface area (Å²) in [6.07, 6.45) is 4.68. The van der Waals surface area contributed by atoms with Crippen LogP contribution in [0.15, 0.2) is 57.9 Å². The van der Waals surface area contributed by atoms with Crippen LogP contribution in [0.25, 0.3) is 17.0 Å². The van der Waals surface area contributed by atoms with Crippen LogP contribution in [-0.4, -0.2) is 15.6 Å². The Balaban J connectivity index is 1.95. The van der Waals surface area contributed by atoms with Crippen molar-refractivity contribution in [3.05, 3.63) is 70.3 Å². The van der Waals surface area contributed by atoms with Gasteiger partial charge in [-0.05, 0) is 37.3 Å². The van der Waals surface area contributed by atoms with Gasteiger partial charge in [0.2, 0.25) is 0 Å². The van der Waals surface area contributed by atoms with Gasteiger partial charge in [0, 0.05) is 18.1 Å². The molecule has 0 aliphatic heterocycles. The van der Waals surface area contributed by atoms with E-state index >= 15 is 0 Å². The summed E-state index contributed by atoms with van der Waals surface area (Å²) < 4.78 is 6.92. The molecule has 0 saturated carbocycles. The third-order valence-corrected chi connectivity index (χ3v) is 3.36. The fourth-order valence-corrected chi connectivity index (χ4v) is 2.23. The maximum Gasteiger partial charge on any atom is 0.347 e. The number of allylic oxidation sites excluding steroid dienone is 1. The van der Waals surface area contributed by atoms with Crippen LogP contribution in [0.3, 0.4) is 0 Å². The molecule has 110 valence electrons. The van der Waals surface area contributed by atoms with Crippen LogP contribution >= 0.6 is 0 Å². The molecule has 2 heterocycles. The molecule has 2 aromatic heterocycles. The zero-order valence-corrected chi connectivity index (χ0v) is 12.0. The van der Waals surface area contributed by atoms with Crippen molar-refractivity contribution in [1.29, 1.82) is 0 Å². The van der Waals surface area contributed by atoms with E-state index in [1.165, 1.54) is 6.08 Å². The van der Waals surface area contributed by atoms with Crippen molar-refractivity contribution in [3.8, 4) is 0 Å². The minimum absolute atomic E-state index is 0.0255. The lowest BCUT2D eigenvalue weighted by Gasteiger charge is -2.00. The van der Waals surface area contributed by atoms with Gasteiger partial charge in [0.05, 0.1) is 5.69 Å². The smallest absolute Gasteiger partial charge is 0.347 e. The van der Waals surface area contributed by atoms with Crippen molar-refractivity contribution in [1.82, 2.24) is 9.78 Å². The molecule has 1 aromatic carbocycles. The first-order chi connectivity index (χ1) is 10.7. The first-order valence-corrected chi connectivity index (χ1v) is 6.96. The highest BCUT2D eigenvalue weighted by molar-refractivity contribution is 6.07. The van der Waals surface area contributed by atoms with Gasteiger partial charge in [0.15, 0.2) is 5.78 Å². The average molecular weight is 294 g/mol. The number of carbonyl (C=O) groups is 1. The zero-order chi connectivity index (χ0) is 15.5. The zero-order valence-electron chi connectivity index (χ0n) is 12.0. The monoisotopic (exact) mass is 294 g/mol. The van der Waals surface area contributed by atoms with Gasteiger partial charge in [0.25, 0.3) is 0 Å². The second kappa shape index (κ2) is 5.81. The maximum absolute atomic E-state index is 12.2. The molecule has 0 aliphatic carbocycles. The van der Waals surface area contributed by atoms with Gasteiger partial charge in [-0.15, -0.1) is 0 Å². The average Bonchev–Trinajstić information content (AvgIpc) is 2.99. The third kappa shape index (κ3) is 2.61. The Morgan fingerprint density at radius 3 is 2.95 bits per heavy atom. The highest BCUT2D eigenvalue weighted by Gasteiger charge is 2.11. The van der Waals surface area contributed by atoms with Gasteiger partial charge in [-0.2, -0.15) is 5.10 Å². The molecule has 0 saturated heterocycles. The van der Waals surface area contributed by atoms with E-state index in [1.807, 2.05) is 13.0 Å². The quantitative estimate of drug-likeness (QED) is 0.421. The fraction of sp³-hybridized carbons (Fsp3) is 0.118. The summed E-state index contributed by atoms with van der Waals surface area (Å²) in [7, 11) is 0. The Kier molecular flexibility index (Phi) is 3.70. The molecule has 3 rings (SSSR count). The lowest BCUT2D eigenvalue weighted by molar-refractivity contribution is 0.104. The summed E-state index contributed by atoms with van der Waals surface area (Å²) in [5.74, 6) is -0.386. The van der Waals surface area contributed by atoms with Gasteiger partial charge in [0.1, 0.15) is 11.1 Å². The number of hydrogen-bond donors (Lipinski definition) is 0. The molecular weight excluding hydrogens is 280 g/mol. The van der Waals surface area contributed by atoms with Gasteiger partial charge < -0.3 is 4.42 Å². The van der Waals surface area contributed by atoms with Crippen LogP contribution < -0.4 is 5.63 Å². The second-order valence-electron chi connectivity index (χ2n) is 4.75. The van der Waals surface area contributed by atoms with E-state index < -0.39 is 5.63 Å². The van der Waals surface area contributed by atoms with Gasteiger partial charge in [-0.1, -0.05) is 18.2 Å². The highest BCUT2D eigenvalue weighted by atomic mass is 16.4. The van der Waals surface area contributed by atoms with E-state index in [0.29, 0.717) is 12.1 Å². The predicted molar refractivity (Wildman–Crippen MR) is 83.7 cm³/mol. The van der Waals surface area contributed by atoms with Crippen molar-refractivity contribution in [3.63, 3.8) is 0 Å². The van der Waals surface area contributed by atoms with E-state index in [4.69, 9.17) is 4.42 Å². The summed E-state index contributed by atoms with van der Waals surface area (Å²) in [6.45, 7) is 2.67. The molecule has 0 atom stereocenters. The number of fused-ring (bicyclic) bond motifs is 1. The van der Waals surface area contributed by atoms with E-state index in [-0.39, 0.29) is 11.3 Å². The SMILES string of the molecule is CCn1nccc1/C=C/C(=O)c1cc2ccccc2oc1=O. The van der Waals surface area contributed by atoms with Crippen molar-refractivity contribution >= 4 is 22.8 Å². The van der Waals surface area contributed by atoms with Crippen molar-refractivity contribution in [2.75, 3.05) is 0 Å². The van der Waals surface area contributed by atoms with E-state index in [2.05, 4.69) is 5.10 Å². The Labute approximate surface area is 126 Å². The summed E-state index contributed by atoms with van der Waals surface area (Å²) in [4.78, 5) is 24.1. The van der Waals surface area contributed by atoms with E-state index in [0.717, 1.165) is 11.1 Å². The minimum atomic E-state index is -0.627. The van der Waals surface area contributed by atoms with Crippen LogP contribution in [0.4, 0.5) is 0 Å². The number of aryl methyl sites for hydroxylation is 1. The largest absolute Gasteiger partial charge is 0.422 e. The summed E-state index contributed by atoms with van der Waals surface area (Å²) in [6, 6.07) is 10.5. The molecule has 0 amide bonds. The van der Waals surface area contributed by atoms with Crippen LogP contribution in [0.1, 0.15) is 23.0 Å². The van der Waals surface area contributed by atoms with Crippen molar-refractivity contribution < 1.29 is 9.21 Å². The number of benzene rings is 1. The first kappa shape index (κ1) is 14.0. The normalized spacial score (nSPS) is 11.3. The van der Waals surface area contributed by atoms with Gasteiger partial charge in [-0.3, -0.25) is 9.48 Å². The van der Waals surface area contributed by atoms with Gasteiger partial charge in [-0.25, -0.2) is 4.79 Å². The Morgan fingerprint density at radius 1 is 1.32 bits per heavy atom. The molecule has 0 radical (unpaired) electrons. The predicted octanol–water partition coefficient (Wildman–Crippen LogP) is 2.91. The molecule has 0 unspecified atom stereocenters. The van der Waals surface area contributed by atoms with Gasteiger partial charge >= 0.3 is 5.63 Å². The lowest BCUT2D eigenvalue weighted by Crippen LogP contribution is -2.12. The molecule has 3 aromatic rings. The molecule has 5 heteroatoms. The molecule has 5 nitrogen and oxygen atoms in total. The van der Waals surface area contributed by atoms with Crippen LogP contribution in [0, 0.1) is 0 Å². The number of para-hydroxylation sites is 1. The van der Waals surface area contributed by atoms with Crippen LogP contribution in [0.2, 0.25) is 0 Å². The highest BCUT2D eigenvalue weighted by Crippen LogP contribution is 2.13. The third-order valence-electron chi connectivity index (χ3n) is 3.36. The van der Waals surface area contributed by atoms with Crippen LogP contribution in [-0.2, 0) is 6.54 Å². The molecule has 0 fully saturated rings. The number of hydrogen-bond acceptors (Lipinski definition) is 4. The lowest BCUT2D eigenvalue weighted by atomic mass is 10.1. The summed E-state index contributed by atoms with van der Waals surface area (Å²) in [5, 5.41) is 4.84. The topological polar surface area (TPSA) is 65.1 Å². The van der Waals surface area contributed by atoms with E-state index in [9.17, 15) is 9.59 Å². The molecule has 0 N–H and O–H groups in total. The Morgan fingerprint density at radius 2 is 2.14 bits per heavy atom. The second-order valence-corrected chi connectivity index (χ2v) is 4.75.